The van der Waals surface area contributed by atoms with Gasteiger partial charge >= 0.3 is 0 Å². The minimum atomic E-state index is -3.55. The number of imidazole rings is 1. The van der Waals surface area contributed by atoms with Gasteiger partial charge in [0, 0.05) is 45.2 Å². The summed E-state index contributed by atoms with van der Waals surface area (Å²) >= 11 is 0. The fraction of sp³-hybridized carbons (Fsp3) is 0.391. The van der Waals surface area contributed by atoms with Crippen molar-refractivity contribution in [2.45, 2.75) is 38.1 Å². The zero-order valence-corrected chi connectivity index (χ0v) is 20.6. The van der Waals surface area contributed by atoms with Crippen molar-refractivity contribution in [2.75, 3.05) is 33.6 Å². The van der Waals surface area contributed by atoms with Gasteiger partial charge in [0.15, 0.2) is 11.5 Å². The molecule has 1 heterocycles. The molecule has 0 aliphatic heterocycles. The zero-order valence-electron chi connectivity index (χ0n) is 19.8. The Labute approximate surface area is 194 Å². The van der Waals surface area contributed by atoms with Gasteiger partial charge in [0.2, 0.25) is 15.9 Å². The monoisotopic (exact) mass is 474 g/mol. The summed E-state index contributed by atoms with van der Waals surface area (Å²) in [6, 6.07) is 8.47. The summed E-state index contributed by atoms with van der Waals surface area (Å²) in [6.07, 6.45) is 0.635. The molecule has 0 bridgehead atoms. The van der Waals surface area contributed by atoms with E-state index >= 15 is 0 Å². The highest BCUT2D eigenvalue weighted by molar-refractivity contribution is 7.89. The second kappa shape index (κ2) is 9.80. The number of benzene rings is 2. The van der Waals surface area contributed by atoms with Gasteiger partial charge in [-0.2, -0.15) is 0 Å². The molecular formula is C23H30N4O5S. The molecule has 3 aromatic rings. The third-order valence-electron chi connectivity index (χ3n) is 5.47. The molecule has 0 unspecified atom stereocenters. The fourth-order valence-corrected chi connectivity index (χ4v) is 4.55. The van der Waals surface area contributed by atoms with E-state index in [1.807, 2.05) is 24.5 Å². The van der Waals surface area contributed by atoms with Crippen LogP contribution in [-0.2, 0) is 27.8 Å². The van der Waals surface area contributed by atoms with Crippen molar-refractivity contribution in [3.05, 3.63) is 41.7 Å². The van der Waals surface area contributed by atoms with Crippen LogP contribution < -0.4 is 14.8 Å². The van der Waals surface area contributed by atoms with Crippen LogP contribution in [0.5, 0.6) is 11.5 Å². The van der Waals surface area contributed by atoms with Crippen LogP contribution in [0.4, 0.5) is 5.69 Å². The summed E-state index contributed by atoms with van der Waals surface area (Å²) in [7, 11) is 2.54. The molecule has 33 heavy (non-hydrogen) atoms. The molecule has 1 N–H and O–H groups in total. The molecule has 9 nitrogen and oxygen atoms in total. The summed E-state index contributed by atoms with van der Waals surface area (Å²) in [5.41, 5.74) is 2.93. The van der Waals surface area contributed by atoms with Crippen LogP contribution in [0.15, 0.2) is 35.2 Å². The molecule has 178 valence electrons. The van der Waals surface area contributed by atoms with Crippen molar-refractivity contribution >= 4 is 32.7 Å². The van der Waals surface area contributed by atoms with E-state index in [1.54, 1.807) is 38.5 Å². The summed E-state index contributed by atoms with van der Waals surface area (Å²) in [6.45, 7) is 4.53. The van der Waals surface area contributed by atoms with E-state index in [0.717, 1.165) is 16.9 Å². The molecule has 0 atom stereocenters. The first-order chi connectivity index (χ1) is 15.6. The van der Waals surface area contributed by atoms with E-state index in [0.29, 0.717) is 35.7 Å². The summed E-state index contributed by atoms with van der Waals surface area (Å²) in [5.74, 6) is 1.71. The second-order valence-electron chi connectivity index (χ2n) is 7.78. The van der Waals surface area contributed by atoms with E-state index < -0.39 is 10.0 Å². The predicted octanol–water partition coefficient (Wildman–Crippen LogP) is 3.20. The first-order valence-corrected chi connectivity index (χ1v) is 12.0. The molecule has 0 spiro atoms. The molecule has 0 saturated heterocycles. The number of nitrogens with one attached hydrogen (secondary N) is 1. The number of hydrogen-bond acceptors (Lipinski definition) is 6. The largest absolute Gasteiger partial charge is 0.493 e. The van der Waals surface area contributed by atoms with Crippen molar-refractivity contribution in [1.29, 1.82) is 0 Å². The van der Waals surface area contributed by atoms with Crippen LogP contribution in [0.2, 0.25) is 0 Å². The molecule has 0 aliphatic carbocycles. The van der Waals surface area contributed by atoms with Gasteiger partial charge in [0.1, 0.15) is 5.82 Å². The quantitative estimate of drug-likeness (QED) is 0.511. The van der Waals surface area contributed by atoms with E-state index in [-0.39, 0.29) is 17.2 Å². The maximum absolute atomic E-state index is 12.7. The van der Waals surface area contributed by atoms with Gasteiger partial charge in [-0.1, -0.05) is 0 Å². The number of carbonyl (C=O) groups is 1. The van der Waals surface area contributed by atoms with Crippen LogP contribution in [0.3, 0.4) is 0 Å². The average molecular weight is 475 g/mol. The first kappa shape index (κ1) is 24.5. The van der Waals surface area contributed by atoms with Gasteiger partial charge in [-0.05, 0) is 43.7 Å². The standard InChI is InChI=1S/C23H30N4O5S/c1-7-27-19-9-8-16(33(29,30)26(3)4)13-18(19)24-22(27)10-11-23(28)25-17-14-21(32-6)20(31-5)12-15(17)2/h8-9,12-14H,7,10-11H2,1-6H3,(H,25,28). The molecular weight excluding hydrogens is 444 g/mol. The molecule has 0 aliphatic rings. The number of anilines is 1. The molecule has 1 amide bonds. The Bertz CT molecular complexity index is 1280. The van der Waals surface area contributed by atoms with Crippen LogP contribution in [0, 0.1) is 6.92 Å². The SMILES string of the molecule is CCn1c(CCC(=O)Nc2cc(OC)c(OC)cc2C)nc2cc(S(=O)(=O)N(C)C)ccc21. The second-order valence-corrected chi connectivity index (χ2v) is 9.93. The normalized spacial score (nSPS) is 11.7. The van der Waals surface area contributed by atoms with Crippen LogP contribution in [0.1, 0.15) is 24.7 Å². The van der Waals surface area contributed by atoms with Gasteiger partial charge < -0.3 is 19.4 Å². The molecule has 0 radical (unpaired) electrons. The number of methoxy groups -OCH3 is 2. The summed E-state index contributed by atoms with van der Waals surface area (Å²) in [4.78, 5) is 17.5. The highest BCUT2D eigenvalue weighted by atomic mass is 32.2. The third kappa shape index (κ3) is 4.96. The number of aryl methyl sites for hydroxylation is 3. The number of nitrogens with zero attached hydrogens (tertiary/aromatic N) is 3. The Hall–Kier alpha value is -3.11. The van der Waals surface area contributed by atoms with Crippen molar-refractivity contribution in [3.8, 4) is 11.5 Å². The number of carbonyl (C=O) groups excluding carboxylic acids is 1. The lowest BCUT2D eigenvalue weighted by Crippen LogP contribution is -2.22. The van der Waals surface area contributed by atoms with E-state index in [1.165, 1.54) is 18.4 Å². The molecule has 0 saturated carbocycles. The Kier molecular flexibility index (Phi) is 7.28. The predicted molar refractivity (Wildman–Crippen MR) is 128 cm³/mol. The Balaban J connectivity index is 1.80. The maximum atomic E-state index is 12.7. The van der Waals surface area contributed by atoms with Gasteiger partial charge in [-0.3, -0.25) is 4.79 Å². The maximum Gasteiger partial charge on any atom is 0.242 e. The minimum Gasteiger partial charge on any atom is -0.493 e. The fourth-order valence-electron chi connectivity index (χ4n) is 3.63. The number of amides is 1. The number of sulfonamides is 1. The van der Waals surface area contributed by atoms with Gasteiger partial charge in [0.25, 0.3) is 0 Å². The zero-order chi connectivity index (χ0) is 24.3. The first-order valence-electron chi connectivity index (χ1n) is 10.6. The van der Waals surface area contributed by atoms with Crippen molar-refractivity contribution in [3.63, 3.8) is 0 Å². The lowest BCUT2D eigenvalue weighted by atomic mass is 10.1. The molecule has 0 fully saturated rings. The summed E-state index contributed by atoms with van der Waals surface area (Å²) < 4.78 is 38.7. The average Bonchev–Trinajstić information content (AvgIpc) is 3.15. The Morgan fingerprint density at radius 3 is 2.39 bits per heavy atom. The van der Waals surface area contributed by atoms with E-state index in [9.17, 15) is 13.2 Å². The number of hydrogen-bond donors (Lipinski definition) is 1. The number of ether oxygens (including phenoxy) is 2. The van der Waals surface area contributed by atoms with E-state index in [2.05, 4.69) is 10.3 Å². The van der Waals surface area contributed by atoms with Gasteiger partial charge in [-0.15, -0.1) is 0 Å². The highest BCUT2D eigenvalue weighted by Gasteiger charge is 2.20. The highest BCUT2D eigenvalue weighted by Crippen LogP contribution is 2.33. The Morgan fingerprint density at radius 2 is 1.79 bits per heavy atom. The van der Waals surface area contributed by atoms with Gasteiger partial charge in [-0.25, -0.2) is 17.7 Å². The molecule has 10 heteroatoms. The topological polar surface area (TPSA) is 103 Å². The van der Waals surface area contributed by atoms with E-state index in [4.69, 9.17) is 9.47 Å². The van der Waals surface area contributed by atoms with Crippen LogP contribution in [0.25, 0.3) is 11.0 Å². The number of fused-ring (bicyclic) bond motifs is 1. The minimum absolute atomic E-state index is 0.157. The smallest absolute Gasteiger partial charge is 0.242 e. The lowest BCUT2D eigenvalue weighted by molar-refractivity contribution is -0.116. The number of aromatic nitrogens is 2. The third-order valence-corrected chi connectivity index (χ3v) is 7.28. The van der Waals surface area contributed by atoms with Crippen molar-refractivity contribution in [2.24, 2.45) is 0 Å². The molecule has 2 aromatic carbocycles. The van der Waals surface area contributed by atoms with Crippen LogP contribution >= 0.6 is 0 Å². The molecule has 3 rings (SSSR count). The molecule has 1 aromatic heterocycles. The van der Waals surface area contributed by atoms with Crippen molar-refractivity contribution in [1.82, 2.24) is 13.9 Å². The summed E-state index contributed by atoms with van der Waals surface area (Å²) in [5, 5.41) is 2.92. The van der Waals surface area contributed by atoms with Crippen molar-refractivity contribution < 1.29 is 22.7 Å². The Morgan fingerprint density at radius 1 is 1.12 bits per heavy atom. The van der Waals surface area contributed by atoms with Gasteiger partial charge in [0.05, 0.1) is 30.1 Å². The lowest BCUT2D eigenvalue weighted by Gasteiger charge is -2.13. The number of rotatable bonds is 9. The van der Waals surface area contributed by atoms with Crippen LogP contribution in [-0.4, -0.2) is 56.5 Å².